The Labute approximate surface area is 82.5 Å². The molecule has 1 heterocycles. The summed E-state index contributed by atoms with van der Waals surface area (Å²) in [5.41, 5.74) is 5.49. The van der Waals surface area contributed by atoms with E-state index in [0.29, 0.717) is 17.5 Å². The van der Waals surface area contributed by atoms with Crippen LogP contribution in [-0.2, 0) is 0 Å². The van der Waals surface area contributed by atoms with Crippen molar-refractivity contribution in [2.45, 2.75) is 19.4 Å². The van der Waals surface area contributed by atoms with Gasteiger partial charge in [0, 0.05) is 12.1 Å². The fourth-order valence-corrected chi connectivity index (χ4v) is 0.808. The molecule has 5 heteroatoms. The number of halogens is 1. The number of aromatic nitrogens is 2. The maximum Gasteiger partial charge on any atom is 0.222 e. The molecule has 0 atom stereocenters. The van der Waals surface area contributed by atoms with Gasteiger partial charge in [-0.15, -0.1) is 0 Å². The van der Waals surface area contributed by atoms with E-state index in [0.717, 1.165) is 0 Å². The van der Waals surface area contributed by atoms with Gasteiger partial charge >= 0.3 is 0 Å². The van der Waals surface area contributed by atoms with Crippen molar-refractivity contribution in [2.24, 2.45) is 5.73 Å². The van der Waals surface area contributed by atoms with E-state index >= 15 is 0 Å². The van der Waals surface area contributed by atoms with Crippen molar-refractivity contribution in [3.05, 3.63) is 17.4 Å². The predicted molar refractivity (Wildman–Crippen MR) is 53.8 cm³/mol. The van der Waals surface area contributed by atoms with Gasteiger partial charge in [0.15, 0.2) is 0 Å². The molecular weight excluding hydrogens is 188 g/mol. The Kier molecular flexibility index (Phi) is 3.06. The molecule has 0 aliphatic heterocycles. The van der Waals surface area contributed by atoms with E-state index in [-0.39, 0.29) is 5.54 Å². The number of anilines is 1. The predicted octanol–water partition coefficient (Wildman–Crippen LogP) is 1.28. The van der Waals surface area contributed by atoms with Gasteiger partial charge in [0.2, 0.25) is 5.95 Å². The van der Waals surface area contributed by atoms with Gasteiger partial charge < -0.3 is 11.1 Å². The molecule has 0 aliphatic carbocycles. The smallest absolute Gasteiger partial charge is 0.222 e. The summed E-state index contributed by atoms with van der Waals surface area (Å²) in [6, 6.07) is 0. The van der Waals surface area contributed by atoms with Gasteiger partial charge in [0.1, 0.15) is 0 Å². The van der Waals surface area contributed by atoms with Crippen molar-refractivity contribution < 1.29 is 0 Å². The van der Waals surface area contributed by atoms with Crippen LogP contribution in [-0.4, -0.2) is 22.1 Å². The highest BCUT2D eigenvalue weighted by Crippen LogP contribution is 2.06. The van der Waals surface area contributed by atoms with Gasteiger partial charge in [-0.2, -0.15) is 0 Å². The second kappa shape index (κ2) is 3.89. The molecule has 0 saturated carbocycles. The van der Waals surface area contributed by atoms with E-state index in [9.17, 15) is 0 Å². The minimum absolute atomic E-state index is 0.275. The Morgan fingerprint density at radius 1 is 1.46 bits per heavy atom. The second-order valence-corrected chi connectivity index (χ2v) is 4.00. The molecular formula is C8H13ClN4. The van der Waals surface area contributed by atoms with Crippen LogP contribution < -0.4 is 11.1 Å². The lowest BCUT2D eigenvalue weighted by Gasteiger charge is -2.18. The third-order valence-electron chi connectivity index (χ3n) is 1.32. The number of nitrogens with one attached hydrogen (secondary N) is 1. The highest BCUT2D eigenvalue weighted by atomic mass is 35.5. The van der Waals surface area contributed by atoms with Crippen LogP contribution in [0, 0.1) is 0 Å². The van der Waals surface area contributed by atoms with E-state index < -0.39 is 0 Å². The van der Waals surface area contributed by atoms with Gasteiger partial charge in [-0.1, -0.05) is 11.6 Å². The molecule has 72 valence electrons. The Morgan fingerprint density at radius 2 is 2.00 bits per heavy atom. The van der Waals surface area contributed by atoms with Crippen LogP contribution in [0.1, 0.15) is 13.8 Å². The zero-order valence-corrected chi connectivity index (χ0v) is 8.47. The molecule has 0 amide bonds. The third-order valence-corrected chi connectivity index (χ3v) is 1.52. The monoisotopic (exact) mass is 200 g/mol. The van der Waals surface area contributed by atoms with Crippen molar-refractivity contribution in [3.63, 3.8) is 0 Å². The molecule has 0 radical (unpaired) electrons. The largest absolute Gasteiger partial charge is 0.352 e. The standard InChI is InChI=1S/C8H13ClN4/c1-8(2,10)5-13-7-11-3-6(9)4-12-7/h3-4H,5,10H2,1-2H3,(H,11,12,13). The van der Waals surface area contributed by atoms with Gasteiger partial charge in [0.05, 0.1) is 17.4 Å². The van der Waals surface area contributed by atoms with Crippen molar-refractivity contribution in [2.75, 3.05) is 11.9 Å². The Hall–Kier alpha value is -0.870. The summed E-state index contributed by atoms with van der Waals surface area (Å²) >= 11 is 5.62. The minimum Gasteiger partial charge on any atom is -0.352 e. The first-order valence-electron chi connectivity index (χ1n) is 3.98. The lowest BCUT2D eigenvalue weighted by atomic mass is 10.1. The fraction of sp³-hybridized carbons (Fsp3) is 0.500. The first kappa shape index (κ1) is 10.2. The lowest BCUT2D eigenvalue weighted by molar-refractivity contribution is 0.547. The summed E-state index contributed by atoms with van der Waals surface area (Å²) in [7, 11) is 0. The number of nitrogens with two attached hydrogens (primary N) is 1. The van der Waals surface area contributed by atoms with E-state index in [4.69, 9.17) is 17.3 Å². The zero-order chi connectivity index (χ0) is 9.90. The van der Waals surface area contributed by atoms with Crippen molar-refractivity contribution >= 4 is 17.5 Å². The number of rotatable bonds is 3. The zero-order valence-electron chi connectivity index (χ0n) is 7.71. The molecule has 0 aliphatic rings. The second-order valence-electron chi connectivity index (χ2n) is 3.57. The fourth-order valence-electron chi connectivity index (χ4n) is 0.710. The molecule has 1 aromatic heterocycles. The first-order chi connectivity index (χ1) is 5.97. The number of nitrogens with zero attached hydrogens (tertiary/aromatic N) is 2. The molecule has 0 unspecified atom stereocenters. The van der Waals surface area contributed by atoms with E-state index in [1.165, 1.54) is 0 Å². The van der Waals surface area contributed by atoms with Crippen LogP contribution in [0.4, 0.5) is 5.95 Å². The molecule has 0 aromatic carbocycles. The summed E-state index contributed by atoms with van der Waals surface area (Å²) in [6.07, 6.45) is 3.08. The first-order valence-corrected chi connectivity index (χ1v) is 4.35. The molecule has 1 rings (SSSR count). The molecule has 3 N–H and O–H groups in total. The summed E-state index contributed by atoms with van der Waals surface area (Å²) in [5.74, 6) is 0.544. The van der Waals surface area contributed by atoms with Gasteiger partial charge in [-0.3, -0.25) is 0 Å². The van der Waals surface area contributed by atoms with Crippen LogP contribution in [0.25, 0.3) is 0 Å². The Morgan fingerprint density at radius 3 is 2.46 bits per heavy atom. The van der Waals surface area contributed by atoms with Gasteiger partial charge in [0.25, 0.3) is 0 Å². The maximum atomic E-state index is 5.77. The number of hydrogen-bond donors (Lipinski definition) is 2. The third kappa shape index (κ3) is 4.05. The Balaban J connectivity index is 2.51. The molecule has 0 spiro atoms. The van der Waals surface area contributed by atoms with E-state index in [1.807, 2.05) is 13.8 Å². The molecule has 13 heavy (non-hydrogen) atoms. The highest BCUT2D eigenvalue weighted by molar-refractivity contribution is 6.30. The van der Waals surface area contributed by atoms with Crippen molar-refractivity contribution in [1.29, 1.82) is 0 Å². The summed E-state index contributed by atoms with van der Waals surface area (Å²) in [6.45, 7) is 4.47. The topological polar surface area (TPSA) is 63.8 Å². The minimum atomic E-state index is -0.275. The summed E-state index contributed by atoms with van der Waals surface area (Å²) in [4.78, 5) is 7.94. The summed E-state index contributed by atoms with van der Waals surface area (Å²) < 4.78 is 0. The van der Waals surface area contributed by atoms with E-state index in [1.54, 1.807) is 12.4 Å². The average Bonchev–Trinajstić information content (AvgIpc) is 2.02. The average molecular weight is 201 g/mol. The lowest BCUT2D eigenvalue weighted by Crippen LogP contribution is -2.39. The SMILES string of the molecule is CC(C)(N)CNc1ncc(Cl)cn1. The van der Waals surface area contributed by atoms with Crippen LogP contribution in [0.15, 0.2) is 12.4 Å². The molecule has 1 aromatic rings. The summed E-state index contributed by atoms with van der Waals surface area (Å²) in [5, 5.41) is 3.53. The molecule has 0 bridgehead atoms. The van der Waals surface area contributed by atoms with Crippen LogP contribution >= 0.6 is 11.6 Å². The van der Waals surface area contributed by atoms with Crippen LogP contribution in [0.2, 0.25) is 5.02 Å². The number of hydrogen-bond acceptors (Lipinski definition) is 4. The normalized spacial score (nSPS) is 11.4. The Bertz CT molecular complexity index is 264. The van der Waals surface area contributed by atoms with Crippen LogP contribution in [0.3, 0.4) is 0 Å². The van der Waals surface area contributed by atoms with E-state index in [2.05, 4.69) is 15.3 Å². The molecule has 0 saturated heterocycles. The molecule has 0 fully saturated rings. The van der Waals surface area contributed by atoms with Crippen LogP contribution in [0.5, 0.6) is 0 Å². The quantitative estimate of drug-likeness (QED) is 0.772. The van der Waals surface area contributed by atoms with Gasteiger partial charge in [-0.05, 0) is 13.8 Å². The van der Waals surface area contributed by atoms with Gasteiger partial charge in [-0.25, -0.2) is 9.97 Å². The molecule has 4 nitrogen and oxygen atoms in total. The maximum absolute atomic E-state index is 5.77. The van der Waals surface area contributed by atoms with Crippen molar-refractivity contribution in [1.82, 2.24) is 9.97 Å². The van der Waals surface area contributed by atoms with Crippen molar-refractivity contribution in [3.8, 4) is 0 Å². The highest BCUT2D eigenvalue weighted by Gasteiger charge is 2.10.